The van der Waals surface area contributed by atoms with Crippen LogP contribution in [-0.2, 0) is 0 Å². The lowest BCUT2D eigenvalue weighted by Crippen LogP contribution is -2.30. The smallest absolute Gasteiger partial charge is 0.257 e. The second kappa shape index (κ2) is 4.65. The van der Waals surface area contributed by atoms with Gasteiger partial charge in [0.2, 0.25) is 0 Å². The van der Waals surface area contributed by atoms with Gasteiger partial charge in [-0.1, -0.05) is 0 Å². The minimum atomic E-state index is -0.402. The first-order chi connectivity index (χ1) is 8.18. The summed E-state index contributed by atoms with van der Waals surface area (Å²) < 4.78 is 0. The Morgan fingerprint density at radius 1 is 1.47 bits per heavy atom. The third kappa shape index (κ3) is 2.41. The minimum Gasteiger partial charge on any atom is -0.367 e. The van der Waals surface area contributed by atoms with Crippen LogP contribution in [0.5, 0.6) is 0 Å². The Balaban J connectivity index is 2.13. The topological polar surface area (TPSA) is 90.6 Å². The van der Waals surface area contributed by atoms with E-state index >= 15 is 0 Å². The number of carbonyl (C=O) groups excluding carboxylic acids is 1. The summed E-state index contributed by atoms with van der Waals surface area (Å²) in [6, 6.07) is 1.11. The largest absolute Gasteiger partial charge is 0.367 e. The van der Waals surface area contributed by atoms with Crippen molar-refractivity contribution in [1.29, 1.82) is 0 Å². The van der Waals surface area contributed by atoms with Crippen LogP contribution in [0.15, 0.2) is 35.6 Å². The van der Waals surface area contributed by atoms with E-state index in [1.807, 2.05) is 6.92 Å². The Labute approximate surface area is 97.1 Å². The van der Waals surface area contributed by atoms with E-state index in [9.17, 15) is 9.59 Å². The summed E-state index contributed by atoms with van der Waals surface area (Å²) in [6.45, 7) is 1.82. The highest BCUT2D eigenvalue weighted by molar-refractivity contribution is 5.93. The number of nitrogens with zero attached hydrogens (tertiary/aromatic N) is 1. The summed E-state index contributed by atoms with van der Waals surface area (Å²) in [5, 5.41) is 9.18. The van der Waals surface area contributed by atoms with Gasteiger partial charge in [-0.3, -0.25) is 14.7 Å². The van der Waals surface area contributed by atoms with E-state index in [-0.39, 0.29) is 17.0 Å². The van der Waals surface area contributed by atoms with Gasteiger partial charge in [-0.15, -0.1) is 0 Å². The van der Waals surface area contributed by atoms with Gasteiger partial charge in [0.1, 0.15) is 5.56 Å². The minimum absolute atomic E-state index is 0.0999. The Bertz CT molecular complexity index is 559. The number of pyridine rings is 1. The maximum atomic E-state index is 11.8. The molecule has 2 aromatic heterocycles. The van der Waals surface area contributed by atoms with Gasteiger partial charge in [0.25, 0.3) is 5.91 Å². The fourth-order valence-corrected chi connectivity index (χ4v) is 1.45. The average molecular weight is 232 g/mol. The van der Waals surface area contributed by atoms with Gasteiger partial charge in [0.15, 0.2) is 5.43 Å². The quantitative estimate of drug-likeness (QED) is 0.723. The number of rotatable bonds is 3. The maximum absolute atomic E-state index is 11.8. The normalized spacial score (nSPS) is 12.1. The van der Waals surface area contributed by atoms with Gasteiger partial charge in [0.05, 0.1) is 12.2 Å². The summed E-state index contributed by atoms with van der Waals surface area (Å²) in [5.74, 6) is -0.402. The van der Waals surface area contributed by atoms with Crippen molar-refractivity contribution in [3.8, 4) is 0 Å². The predicted octanol–water partition coefficient (Wildman–Crippen LogP) is 0.589. The highest BCUT2D eigenvalue weighted by atomic mass is 16.2. The first-order valence-corrected chi connectivity index (χ1v) is 5.15. The van der Waals surface area contributed by atoms with Crippen molar-refractivity contribution < 1.29 is 4.79 Å². The highest BCUT2D eigenvalue weighted by Crippen LogP contribution is 2.09. The Hall–Kier alpha value is -2.37. The van der Waals surface area contributed by atoms with Gasteiger partial charge in [-0.2, -0.15) is 5.10 Å². The molecule has 0 aliphatic carbocycles. The van der Waals surface area contributed by atoms with Crippen LogP contribution in [0.25, 0.3) is 0 Å². The molecule has 0 aliphatic heterocycles. The number of hydrogen-bond acceptors (Lipinski definition) is 3. The second-order valence-electron chi connectivity index (χ2n) is 3.65. The maximum Gasteiger partial charge on any atom is 0.257 e. The number of amides is 1. The van der Waals surface area contributed by atoms with Crippen LogP contribution in [0, 0.1) is 0 Å². The van der Waals surface area contributed by atoms with Gasteiger partial charge < -0.3 is 10.3 Å². The average Bonchev–Trinajstić information content (AvgIpc) is 2.82. The highest BCUT2D eigenvalue weighted by Gasteiger charge is 2.14. The first-order valence-electron chi connectivity index (χ1n) is 5.15. The Kier molecular flexibility index (Phi) is 3.04. The number of nitrogens with one attached hydrogen (secondary N) is 3. The number of H-pyrrole nitrogens is 2. The van der Waals surface area contributed by atoms with Gasteiger partial charge in [-0.05, 0) is 6.92 Å². The van der Waals surface area contributed by atoms with E-state index in [2.05, 4.69) is 20.5 Å². The van der Waals surface area contributed by atoms with E-state index < -0.39 is 5.91 Å². The lowest BCUT2D eigenvalue weighted by molar-refractivity contribution is 0.0938. The standard InChI is InChI=1S/C11H12N4O2/c1-7(8-4-13-14-5-8)15-11(17)9-6-12-3-2-10(9)16/h2-7H,1H3,(H,12,16)(H,13,14)(H,15,17). The van der Waals surface area contributed by atoms with Gasteiger partial charge >= 0.3 is 0 Å². The molecule has 2 aromatic rings. The monoisotopic (exact) mass is 232 g/mol. The van der Waals surface area contributed by atoms with E-state index in [0.29, 0.717) is 0 Å². The molecule has 6 heteroatoms. The molecular formula is C11H12N4O2. The van der Waals surface area contributed by atoms with Gasteiger partial charge in [0, 0.05) is 30.2 Å². The third-order valence-corrected chi connectivity index (χ3v) is 2.44. The molecule has 1 amide bonds. The van der Waals surface area contributed by atoms with Crippen molar-refractivity contribution in [2.45, 2.75) is 13.0 Å². The molecule has 1 atom stereocenters. The molecule has 0 aromatic carbocycles. The number of hydrogen-bond donors (Lipinski definition) is 3. The fraction of sp³-hybridized carbons (Fsp3) is 0.182. The first kappa shape index (κ1) is 11.1. The van der Waals surface area contributed by atoms with Crippen LogP contribution >= 0.6 is 0 Å². The van der Waals surface area contributed by atoms with Crippen molar-refractivity contribution >= 4 is 5.91 Å². The molecule has 0 aliphatic rings. The molecule has 3 N–H and O–H groups in total. The van der Waals surface area contributed by atoms with Crippen molar-refractivity contribution in [3.05, 3.63) is 52.2 Å². The molecule has 17 heavy (non-hydrogen) atoms. The lowest BCUT2D eigenvalue weighted by Gasteiger charge is -2.11. The van der Waals surface area contributed by atoms with Crippen LogP contribution < -0.4 is 10.7 Å². The van der Waals surface area contributed by atoms with E-state index in [1.54, 1.807) is 12.4 Å². The number of aromatic amines is 2. The van der Waals surface area contributed by atoms with Crippen molar-refractivity contribution in [3.63, 3.8) is 0 Å². The summed E-state index contributed by atoms with van der Waals surface area (Å²) in [6.07, 6.45) is 6.19. The van der Waals surface area contributed by atoms with Crippen molar-refractivity contribution in [1.82, 2.24) is 20.5 Å². The van der Waals surface area contributed by atoms with Crippen molar-refractivity contribution in [2.24, 2.45) is 0 Å². The molecule has 2 heterocycles. The zero-order valence-corrected chi connectivity index (χ0v) is 9.23. The van der Waals surface area contributed by atoms with Crippen LogP contribution in [0.1, 0.15) is 28.9 Å². The molecule has 1 unspecified atom stereocenters. The van der Waals surface area contributed by atoms with Gasteiger partial charge in [-0.25, -0.2) is 0 Å². The van der Waals surface area contributed by atoms with Crippen LogP contribution in [0.4, 0.5) is 0 Å². The van der Waals surface area contributed by atoms with Crippen LogP contribution in [0.2, 0.25) is 0 Å². The van der Waals surface area contributed by atoms with Crippen LogP contribution in [0.3, 0.4) is 0 Å². The molecule has 0 saturated carbocycles. The van der Waals surface area contributed by atoms with E-state index in [4.69, 9.17) is 0 Å². The molecular weight excluding hydrogens is 220 g/mol. The predicted molar refractivity (Wildman–Crippen MR) is 61.5 cm³/mol. The molecule has 0 saturated heterocycles. The van der Waals surface area contributed by atoms with E-state index in [1.165, 1.54) is 18.5 Å². The van der Waals surface area contributed by atoms with Crippen LogP contribution in [-0.4, -0.2) is 21.1 Å². The molecule has 0 spiro atoms. The summed E-state index contributed by atoms with van der Waals surface area (Å²) in [5.41, 5.74) is 0.647. The summed E-state index contributed by atoms with van der Waals surface area (Å²) in [7, 11) is 0. The lowest BCUT2D eigenvalue weighted by atomic mass is 10.1. The Morgan fingerprint density at radius 3 is 2.94 bits per heavy atom. The van der Waals surface area contributed by atoms with Crippen molar-refractivity contribution in [2.75, 3.05) is 0 Å². The molecule has 0 fully saturated rings. The van der Waals surface area contributed by atoms with E-state index in [0.717, 1.165) is 5.56 Å². The fourth-order valence-electron chi connectivity index (χ4n) is 1.45. The summed E-state index contributed by atoms with van der Waals surface area (Å²) in [4.78, 5) is 26.0. The second-order valence-corrected chi connectivity index (χ2v) is 3.65. The zero-order chi connectivity index (χ0) is 12.3. The third-order valence-electron chi connectivity index (χ3n) is 2.44. The molecule has 2 rings (SSSR count). The summed E-state index contributed by atoms with van der Waals surface area (Å²) >= 11 is 0. The molecule has 6 nitrogen and oxygen atoms in total. The molecule has 0 bridgehead atoms. The zero-order valence-electron chi connectivity index (χ0n) is 9.23. The molecule has 0 radical (unpaired) electrons. The Morgan fingerprint density at radius 2 is 2.29 bits per heavy atom. The molecule has 88 valence electrons. The number of carbonyl (C=O) groups is 1. The number of aromatic nitrogens is 3. The SMILES string of the molecule is CC(NC(=O)c1c[nH]ccc1=O)c1cn[nH]c1.